The Kier molecular flexibility index (Phi) is 5.66. The number of nitrogens with one attached hydrogen (secondary N) is 2. The number of hydrogen-bond acceptors (Lipinski definition) is 4. The van der Waals surface area contributed by atoms with Crippen molar-refractivity contribution in [3.05, 3.63) is 71.4 Å². The van der Waals surface area contributed by atoms with Crippen molar-refractivity contribution in [1.82, 2.24) is 15.6 Å². The normalized spacial score (nSPS) is 11.1. The lowest BCUT2D eigenvalue weighted by Crippen LogP contribution is -2.18. The molecule has 0 aliphatic heterocycles. The fraction of sp³-hybridized carbons (Fsp3) is 0.190. The number of aromatic amines is 1. The van der Waals surface area contributed by atoms with Gasteiger partial charge >= 0.3 is 0 Å². The van der Waals surface area contributed by atoms with Gasteiger partial charge in [-0.25, -0.2) is 5.43 Å². The van der Waals surface area contributed by atoms with Crippen molar-refractivity contribution in [2.45, 2.75) is 19.8 Å². The number of benzene rings is 2. The number of H-pyrrole nitrogens is 1. The molecule has 1 amide bonds. The second-order valence-corrected chi connectivity index (χ2v) is 6.42. The maximum atomic E-state index is 12.2. The zero-order valence-corrected chi connectivity index (χ0v) is 15.6. The number of ether oxygens (including phenoxy) is 1. The number of hydrogen-bond donors (Lipinski definition) is 2. The average molecular weight is 362 g/mol. The summed E-state index contributed by atoms with van der Waals surface area (Å²) in [4.78, 5) is 12.2. The largest absolute Gasteiger partial charge is 0.497 e. The fourth-order valence-corrected chi connectivity index (χ4v) is 2.56. The third kappa shape index (κ3) is 4.61. The van der Waals surface area contributed by atoms with Gasteiger partial charge in [-0.1, -0.05) is 50.2 Å². The van der Waals surface area contributed by atoms with E-state index in [1.165, 1.54) is 5.56 Å². The Morgan fingerprint density at radius 3 is 2.67 bits per heavy atom. The van der Waals surface area contributed by atoms with Crippen LogP contribution in [0.5, 0.6) is 5.75 Å². The number of hydrazone groups is 1. The maximum Gasteiger partial charge on any atom is 0.289 e. The Labute approximate surface area is 158 Å². The van der Waals surface area contributed by atoms with Crippen LogP contribution in [-0.4, -0.2) is 29.4 Å². The van der Waals surface area contributed by atoms with E-state index in [1.807, 2.05) is 36.4 Å². The molecule has 0 saturated heterocycles. The Morgan fingerprint density at radius 2 is 1.96 bits per heavy atom. The van der Waals surface area contributed by atoms with E-state index in [-0.39, 0.29) is 5.91 Å². The van der Waals surface area contributed by atoms with E-state index in [4.69, 9.17) is 4.74 Å². The standard InChI is InChI=1S/C21H22N4O2/c1-14(2)16-9-7-15(8-10-16)13-22-25-21(26)20-12-19(23-24-20)17-5-4-6-18(11-17)27-3/h4-14H,1-3H3,(H,23,24)(H,25,26)/b22-13+. The molecular weight excluding hydrogens is 340 g/mol. The van der Waals surface area contributed by atoms with Gasteiger partial charge in [-0.3, -0.25) is 9.89 Å². The molecule has 0 fully saturated rings. The Hall–Kier alpha value is -3.41. The van der Waals surface area contributed by atoms with Crippen LogP contribution in [0.15, 0.2) is 59.7 Å². The molecule has 6 nitrogen and oxygen atoms in total. The highest BCUT2D eigenvalue weighted by Crippen LogP contribution is 2.22. The highest BCUT2D eigenvalue weighted by atomic mass is 16.5. The summed E-state index contributed by atoms with van der Waals surface area (Å²) in [6.45, 7) is 4.29. The first-order valence-electron chi connectivity index (χ1n) is 8.70. The van der Waals surface area contributed by atoms with Crippen LogP contribution in [0.4, 0.5) is 0 Å². The van der Waals surface area contributed by atoms with E-state index in [0.717, 1.165) is 16.9 Å². The number of carbonyl (C=O) groups is 1. The molecule has 0 aliphatic rings. The topological polar surface area (TPSA) is 79.4 Å². The zero-order chi connectivity index (χ0) is 19.2. The van der Waals surface area contributed by atoms with Crippen LogP contribution in [-0.2, 0) is 0 Å². The van der Waals surface area contributed by atoms with Crippen LogP contribution in [0.2, 0.25) is 0 Å². The molecule has 0 aliphatic carbocycles. The van der Waals surface area contributed by atoms with Gasteiger partial charge in [-0.05, 0) is 35.2 Å². The first-order valence-corrected chi connectivity index (χ1v) is 8.70. The summed E-state index contributed by atoms with van der Waals surface area (Å²) in [5, 5.41) is 10.9. The predicted octanol–water partition coefficient (Wildman–Crippen LogP) is 3.97. The summed E-state index contributed by atoms with van der Waals surface area (Å²) >= 11 is 0. The molecule has 138 valence electrons. The van der Waals surface area contributed by atoms with E-state index < -0.39 is 0 Å². The minimum Gasteiger partial charge on any atom is -0.497 e. The summed E-state index contributed by atoms with van der Waals surface area (Å²) in [5.41, 5.74) is 6.54. The van der Waals surface area contributed by atoms with Crippen molar-refractivity contribution in [1.29, 1.82) is 0 Å². The summed E-state index contributed by atoms with van der Waals surface area (Å²) in [7, 11) is 1.61. The van der Waals surface area contributed by atoms with Gasteiger partial charge in [0, 0.05) is 5.56 Å². The van der Waals surface area contributed by atoms with E-state index in [2.05, 4.69) is 46.7 Å². The predicted molar refractivity (Wildman–Crippen MR) is 106 cm³/mol. The van der Waals surface area contributed by atoms with Crippen LogP contribution in [0.3, 0.4) is 0 Å². The van der Waals surface area contributed by atoms with Gasteiger partial charge in [0.2, 0.25) is 0 Å². The fourth-order valence-electron chi connectivity index (χ4n) is 2.56. The monoisotopic (exact) mass is 362 g/mol. The highest BCUT2D eigenvalue weighted by molar-refractivity contribution is 5.94. The molecule has 0 spiro atoms. The molecule has 1 aromatic heterocycles. The molecule has 3 rings (SSSR count). The van der Waals surface area contributed by atoms with E-state index >= 15 is 0 Å². The molecule has 0 unspecified atom stereocenters. The van der Waals surface area contributed by atoms with Crippen molar-refractivity contribution in [3.8, 4) is 17.0 Å². The second-order valence-electron chi connectivity index (χ2n) is 6.42. The Balaban J connectivity index is 1.64. The third-order valence-corrected chi connectivity index (χ3v) is 4.17. The molecule has 1 heterocycles. The highest BCUT2D eigenvalue weighted by Gasteiger charge is 2.10. The van der Waals surface area contributed by atoms with Crippen molar-refractivity contribution < 1.29 is 9.53 Å². The molecule has 0 bridgehead atoms. The molecular formula is C21H22N4O2. The molecule has 0 radical (unpaired) electrons. The van der Waals surface area contributed by atoms with Gasteiger partial charge in [0.05, 0.1) is 19.0 Å². The number of aromatic nitrogens is 2. The summed E-state index contributed by atoms with van der Waals surface area (Å²) in [6, 6.07) is 17.2. The minimum atomic E-state index is -0.355. The van der Waals surface area contributed by atoms with Gasteiger partial charge in [0.15, 0.2) is 0 Å². The van der Waals surface area contributed by atoms with Gasteiger partial charge in [0.25, 0.3) is 5.91 Å². The molecule has 0 atom stereocenters. The number of methoxy groups -OCH3 is 1. The van der Waals surface area contributed by atoms with E-state index in [0.29, 0.717) is 17.3 Å². The van der Waals surface area contributed by atoms with Crippen molar-refractivity contribution in [2.24, 2.45) is 5.10 Å². The van der Waals surface area contributed by atoms with Gasteiger partial charge in [0.1, 0.15) is 11.4 Å². The average Bonchev–Trinajstić information content (AvgIpc) is 3.19. The van der Waals surface area contributed by atoms with Gasteiger partial charge in [-0.15, -0.1) is 0 Å². The lowest BCUT2D eigenvalue weighted by atomic mass is 10.0. The SMILES string of the molecule is COc1cccc(-c2cc(C(=O)N/N=C/c3ccc(C(C)C)cc3)[nH]n2)c1. The maximum absolute atomic E-state index is 12.2. The quantitative estimate of drug-likeness (QED) is 0.514. The van der Waals surface area contributed by atoms with Crippen molar-refractivity contribution >= 4 is 12.1 Å². The minimum absolute atomic E-state index is 0.333. The lowest BCUT2D eigenvalue weighted by molar-refractivity contribution is 0.0950. The van der Waals surface area contributed by atoms with Gasteiger partial charge < -0.3 is 4.74 Å². The Morgan fingerprint density at radius 1 is 1.19 bits per heavy atom. The third-order valence-electron chi connectivity index (χ3n) is 4.17. The van der Waals surface area contributed by atoms with Crippen LogP contribution < -0.4 is 10.2 Å². The Bertz CT molecular complexity index is 943. The van der Waals surface area contributed by atoms with E-state index in [9.17, 15) is 4.79 Å². The lowest BCUT2D eigenvalue weighted by Gasteiger charge is -2.04. The van der Waals surface area contributed by atoms with Crippen LogP contribution >= 0.6 is 0 Å². The van der Waals surface area contributed by atoms with Crippen molar-refractivity contribution in [2.75, 3.05) is 7.11 Å². The zero-order valence-electron chi connectivity index (χ0n) is 15.6. The van der Waals surface area contributed by atoms with Gasteiger partial charge in [-0.2, -0.15) is 10.2 Å². The van der Waals surface area contributed by atoms with Crippen LogP contribution in [0.25, 0.3) is 11.3 Å². The van der Waals surface area contributed by atoms with Crippen LogP contribution in [0, 0.1) is 0 Å². The first-order chi connectivity index (χ1) is 13.1. The number of rotatable bonds is 6. The van der Waals surface area contributed by atoms with Crippen molar-refractivity contribution in [3.63, 3.8) is 0 Å². The van der Waals surface area contributed by atoms with Crippen LogP contribution in [0.1, 0.15) is 41.4 Å². The first kappa shape index (κ1) is 18.4. The second kappa shape index (κ2) is 8.31. The molecule has 27 heavy (non-hydrogen) atoms. The summed E-state index contributed by atoms with van der Waals surface area (Å²) < 4.78 is 5.21. The number of carbonyl (C=O) groups excluding carboxylic acids is 1. The molecule has 2 N–H and O–H groups in total. The molecule has 3 aromatic rings. The number of amides is 1. The summed E-state index contributed by atoms with van der Waals surface area (Å²) in [5.74, 6) is 0.858. The molecule has 2 aromatic carbocycles. The molecule has 0 saturated carbocycles. The van der Waals surface area contributed by atoms with E-state index in [1.54, 1.807) is 19.4 Å². The summed E-state index contributed by atoms with van der Waals surface area (Å²) in [6.07, 6.45) is 1.61. The smallest absolute Gasteiger partial charge is 0.289 e. The number of nitrogens with zero attached hydrogens (tertiary/aromatic N) is 2. The molecule has 6 heteroatoms.